The number of sulfone groups is 1. The van der Waals surface area contributed by atoms with Gasteiger partial charge in [0.05, 0.1) is 33.6 Å². The SMILES string of the molecule is C.CC1CCC(O)(CC([C@@H](C)[C@H]2CC[C@H]3[C@@H]4CC[C@H]5C[C@@](C)(O)CC[C@]5(C)[C@H]4CC[C@]23C)S(=O)(=O)c2ccccc2)CC1.CC1CCC2(CC1)CO2.[CH2-]CCC.[Li+]. The van der Waals surface area contributed by atoms with Crippen LogP contribution in [0.2, 0.25) is 0 Å². The van der Waals surface area contributed by atoms with Crippen LogP contribution in [0, 0.1) is 65.1 Å². The van der Waals surface area contributed by atoms with Crippen molar-refractivity contribution in [3.63, 3.8) is 0 Å². The van der Waals surface area contributed by atoms with Crippen LogP contribution in [0.5, 0.6) is 0 Å². The zero-order valence-corrected chi connectivity index (χ0v) is 38.0. The first-order valence-corrected chi connectivity index (χ1v) is 24.6. The molecular formula is C50H85LiO5S. The summed E-state index contributed by atoms with van der Waals surface area (Å²) in [6.45, 7) is 20.7. The molecule has 5 nitrogen and oxygen atoms in total. The van der Waals surface area contributed by atoms with E-state index in [-0.39, 0.29) is 37.6 Å². The second-order valence-electron chi connectivity index (χ2n) is 21.5. The van der Waals surface area contributed by atoms with Crippen molar-refractivity contribution in [1.82, 2.24) is 0 Å². The van der Waals surface area contributed by atoms with E-state index in [2.05, 4.69) is 48.5 Å². The molecule has 0 aromatic heterocycles. The van der Waals surface area contributed by atoms with Gasteiger partial charge in [-0.2, -0.15) is 6.42 Å². The van der Waals surface area contributed by atoms with Crippen molar-refractivity contribution < 1.29 is 42.2 Å². The number of benzene rings is 1. The van der Waals surface area contributed by atoms with Crippen LogP contribution in [0.25, 0.3) is 0 Å². The van der Waals surface area contributed by atoms with E-state index in [0.29, 0.717) is 58.8 Å². The molecule has 6 saturated carbocycles. The molecule has 8 rings (SSSR count). The number of aliphatic hydroxyl groups is 2. The van der Waals surface area contributed by atoms with Crippen LogP contribution in [0.4, 0.5) is 0 Å². The predicted molar refractivity (Wildman–Crippen MR) is 233 cm³/mol. The summed E-state index contributed by atoms with van der Waals surface area (Å²) in [5, 5.41) is 22.1. The van der Waals surface area contributed by atoms with E-state index in [9.17, 15) is 18.6 Å². The number of ether oxygens (including phenoxy) is 1. The Morgan fingerprint density at radius 3 is 1.91 bits per heavy atom. The number of rotatable bonds is 7. The molecule has 1 spiro atoms. The third-order valence-electron chi connectivity index (χ3n) is 17.6. The zero-order chi connectivity index (χ0) is 39.9. The number of hydrogen-bond acceptors (Lipinski definition) is 5. The Morgan fingerprint density at radius 2 is 1.35 bits per heavy atom. The first-order chi connectivity index (χ1) is 25.9. The van der Waals surface area contributed by atoms with Gasteiger partial charge in [-0.1, -0.05) is 73.6 Å². The Hall–Kier alpha value is -0.353. The average molecular weight is 805 g/mol. The van der Waals surface area contributed by atoms with Gasteiger partial charge in [0.25, 0.3) is 0 Å². The smallest absolute Gasteiger partial charge is 0.390 e. The Morgan fingerprint density at radius 1 is 0.789 bits per heavy atom. The number of unbranched alkanes of at least 4 members (excludes halogenated alkanes) is 1. The molecule has 6 aliphatic carbocycles. The summed E-state index contributed by atoms with van der Waals surface area (Å²) in [7, 11) is -3.60. The number of epoxide rings is 1. The molecule has 57 heavy (non-hydrogen) atoms. The van der Waals surface area contributed by atoms with Gasteiger partial charge >= 0.3 is 18.9 Å². The van der Waals surface area contributed by atoms with Crippen molar-refractivity contribution in [1.29, 1.82) is 0 Å². The first kappa shape index (κ1) is 49.3. The Labute approximate surface area is 363 Å². The second kappa shape index (κ2) is 19.4. The van der Waals surface area contributed by atoms with Crippen LogP contribution in [-0.4, -0.2) is 47.3 Å². The molecule has 7 heteroatoms. The standard InChI is InChI=1S/C37H58O4S.C8H14O.C4H9.CH4.Li/c1-25-15-19-37(39,20-16-25)24-33(42(40,41)28-9-7-6-8-10-28)26(2)30-13-14-31-29-12-11-27-23-34(3,38)21-22-35(27,4)32(29)17-18-36(30,31)5;1-7-2-4-8(5-3-7)6-9-8;1-3-4-2;;/h6-10,25-27,29-33,38-39H,11-24H2,1-5H3;7H,2-6H2,1H3;1,3-4H2,2H3;1H4;/q;;-1;;+1/t25?,26-,27-,29-,30+,31-,32-,33?,34-,35-,36+,37?;;;;/m0..../s1. The first-order valence-electron chi connectivity index (χ1n) is 23.1. The van der Waals surface area contributed by atoms with Gasteiger partial charge in [-0.25, -0.2) is 8.42 Å². The summed E-state index contributed by atoms with van der Waals surface area (Å²) in [5.74, 6) is 4.65. The molecule has 322 valence electrons. The fraction of sp³-hybridized carbons (Fsp3) is 0.860. The molecule has 0 amide bonds. The van der Waals surface area contributed by atoms with Crippen molar-refractivity contribution in [3.05, 3.63) is 37.3 Å². The van der Waals surface area contributed by atoms with Crippen LogP contribution < -0.4 is 18.9 Å². The molecule has 0 radical (unpaired) electrons. The van der Waals surface area contributed by atoms with Crippen molar-refractivity contribution >= 4 is 9.84 Å². The van der Waals surface area contributed by atoms with Gasteiger partial charge in [0.2, 0.25) is 0 Å². The topological polar surface area (TPSA) is 87.1 Å². The Balaban J connectivity index is 0.000000408. The third-order valence-corrected chi connectivity index (χ3v) is 19.9. The minimum atomic E-state index is -3.60. The third kappa shape index (κ3) is 10.6. The van der Waals surface area contributed by atoms with Gasteiger partial charge in [0.1, 0.15) is 0 Å². The maximum Gasteiger partial charge on any atom is 1.00 e. The van der Waals surface area contributed by atoms with Crippen LogP contribution in [0.1, 0.15) is 184 Å². The van der Waals surface area contributed by atoms with E-state index in [1.54, 1.807) is 12.1 Å². The molecule has 10 atom stereocenters. The van der Waals surface area contributed by atoms with Crippen molar-refractivity contribution in [2.24, 2.45) is 58.2 Å². The van der Waals surface area contributed by atoms with Crippen LogP contribution >= 0.6 is 0 Å². The molecule has 1 aliphatic heterocycles. The number of fused-ring (bicyclic) bond motifs is 5. The second-order valence-corrected chi connectivity index (χ2v) is 23.6. The quantitative estimate of drug-likeness (QED) is 0.163. The zero-order valence-electron chi connectivity index (χ0n) is 37.2. The fourth-order valence-corrected chi connectivity index (χ4v) is 15.7. The van der Waals surface area contributed by atoms with E-state index in [4.69, 9.17) is 4.74 Å². The van der Waals surface area contributed by atoms with Crippen LogP contribution in [0.15, 0.2) is 35.2 Å². The van der Waals surface area contributed by atoms with E-state index >= 15 is 0 Å². The van der Waals surface area contributed by atoms with Crippen molar-refractivity contribution in [3.8, 4) is 0 Å². The monoisotopic (exact) mass is 805 g/mol. The van der Waals surface area contributed by atoms with Crippen molar-refractivity contribution in [2.75, 3.05) is 6.61 Å². The maximum absolute atomic E-state index is 14.4. The molecule has 7 fully saturated rings. The minimum Gasteiger partial charge on any atom is -0.390 e. The largest absolute Gasteiger partial charge is 1.00 e. The van der Waals surface area contributed by atoms with Gasteiger partial charge in [-0.3, -0.25) is 0 Å². The van der Waals surface area contributed by atoms with Gasteiger partial charge in [0, 0.05) is 0 Å². The molecule has 1 saturated heterocycles. The Kier molecular flexibility index (Phi) is 16.7. The minimum absolute atomic E-state index is 0. The summed E-state index contributed by atoms with van der Waals surface area (Å²) in [5.41, 5.74) is -0.506. The normalized spacial score (nSPS) is 43.1. The van der Waals surface area contributed by atoms with Crippen LogP contribution in [-0.2, 0) is 14.6 Å². The molecule has 1 unspecified atom stereocenters. The van der Waals surface area contributed by atoms with Gasteiger partial charge in [-0.15, -0.1) is 0 Å². The summed E-state index contributed by atoms with van der Waals surface area (Å²) < 4.78 is 34.2. The summed E-state index contributed by atoms with van der Waals surface area (Å²) in [6, 6.07) is 9.07. The van der Waals surface area contributed by atoms with E-state index in [1.807, 2.05) is 25.1 Å². The summed E-state index contributed by atoms with van der Waals surface area (Å²) in [6.07, 6.45) is 21.7. The predicted octanol–water partition coefficient (Wildman–Crippen LogP) is 9.43. The summed E-state index contributed by atoms with van der Waals surface area (Å²) in [4.78, 5) is 0.414. The molecule has 1 aromatic rings. The summed E-state index contributed by atoms with van der Waals surface area (Å²) >= 11 is 0. The molecule has 0 bridgehead atoms. The van der Waals surface area contributed by atoms with Crippen LogP contribution in [0.3, 0.4) is 0 Å². The molecule has 1 heterocycles. The van der Waals surface area contributed by atoms with Gasteiger partial charge in [0.15, 0.2) is 9.84 Å². The Bertz CT molecular complexity index is 1490. The molecule has 2 N–H and O–H groups in total. The van der Waals surface area contributed by atoms with E-state index < -0.39 is 26.3 Å². The molecule has 1 aromatic carbocycles. The van der Waals surface area contributed by atoms with E-state index in [0.717, 1.165) is 69.3 Å². The van der Waals surface area contributed by atoms with Gasteiger partial charge < -0.3 is 21.9 Å². The molecular weight excluding hydrogens is 720 g/mol. The van der Waals surface area contributed by atoms with E-state index in [1.165, 1.54) is 64.2 Å². The van der Waals surface area contributed by atoms with Gasteiger partial charge in [-0.05, 0) is 193 Å². The maximum atomic E-state index is 14.4. The van der Waals surface area contributed by atoms with Crippen molar-refractivity contribution in [2.45, 2.75) is 211 Å². The number of hydrogen-bond donors (Lipinski definition) is 2. The fourth-order valence-electron chi connectivity index (χ4n) is 13.5. The average Bonchev–Trinajstić information content (AvgIpc) is 3.83. The molecule has 7 aliphatic rings.